The Hall–Kier alpha value is -2.65. The molecule has 8 nitrogen and oxygen atoms in total. The van der Waals surface area contributed by atoms with E-state index in [1.54, 1.807) is 19.2 Å². The SMILES string of the molecule is COc1ccc(NS(=O)(=O)c2cccc([N+](=O)[O-])c2)c2c1C[C@@H](N(C)C)CC2. The summed E-state index contributed by atoms with van der Waals surface area (Å²) in [5.41, 5.74) is 2.12. The summed E-state index contributed by atoms with van der Waals surface area (Å²) in [6, 6.07) is 8.80. The third-order valence-corrected chi connectivity index (χ3v) is 6.45. The zero-order valence-corrected chi connectivity index (χ0v) is 16.8. The lowest BCUT2D eigenvalue weighted by molar-refractivity contribution is -0.385. The molecule has 150 valence electrons. The highest BCUT2D eigenvalue weighted by atomic mass is 32.2. The number of anilines is 1. The smallest absolute Gasteiger partial charge is 0.270 e. The van der Waals surface area contributed by atoms with Gasteiger partial charge in [-0.1, -0.05) is 6.07 Å². The molecule has 0 aliphatic heterocycles. The Morgan fingerprint density at radius 2 is 1.96 bits per heavy atom. The maximum atomic E-state index is 12.8. The molecule has 0 bridgehead atoms. The van der Waals surface area contributed by atoms with Crippen molar-refractivity contribution in [3.8, 4) is 5.75 Å². The highest BCUT2D eigenvalue weighted by Crippen LogP contribution is 2.36. The number of likely N-dealkylation sites (N-methyl/N-ethyl adjacent to an activating group) is 1. The number of nitro groups is 1. The fraction of sp³-hybridized carbons (Fsp3) is 0.368. The summed E-state index contributed by atoms with van der Waals surface area (Å²) in [7, 11) is 1.69. The fourth-order valence-corrected chi connectivity index (χ4v) is 4.66. The number of benzene rings is 2. The molecule has 0 aromatic heterocycles. The summed E-state index contributed by atoms with van der Waals surface area (Å²) in [5.74, 6) is 0.736. The monoisotopic (exact) mass is 405 g/mol. The molecule has 9 heteroatoms. The number of nitrogens with one attached hydrogen (secondary N) is 1. The molecule has 1 aliphatic rings. The van der Waals surface area contributed by atoms with Crippen LogP contribution in [0.1, 0.15) is 17.5 Å². The minimum atomic E-state index is -3.96. The molecule has 2 aromatic carbocycles. The summed E-state index contributed by atoms with van der Waals surface area (Å²) >= 11 is 0. The van der Waals surface area contributed by atoms with E-state index >= 15 is 0 Å². The van der Waals surface area contributed by atoms with Gasteiger partial charge < -0.3 is 9.64 Å². The zero-order chi connectivity index (χ0) is 20.5. The second kappa shape index (κ2) is 7.76. The van der Waals surface area contributed by atoms with Crippen molar-refractivity contribution in [2.45, 2.75) is 30.2 Å². The quantitative estimate of drug-likeness (QED) is 0.586. The molecular formula is C19H23N3O5S. The van der Waals surface area contributed by atoms with Gasteiger partial charge in [-0.15, -0.1) is 0 Å². The van der Waals surface area contributed by atoms with Gasteiger partial charge in [-0.25, -0.2) is 8.42 Å². The number of sulfonamides is 1. The second-order valence-corrected chi connectivity index (χ2v) is 8.68. The van der Waals surface area contributed by atoms with Gasteiger partial charge in [0.05, 0.1) is 22.6 Å². The van der Waals surface area contributed by atoms with Gasteiger partial charge in [-0.05, 0) is 57.1 Å². The van der Waals surface area contributed by atoms with Crippen molar-refractivity contribution in [1.29, 1.82) is 0 Å². The van der Waals surface area contributed by atoms with E-state index in [2.05, 4.69) is 9.62 Å². The topological polar surface area (TPSA) is 102 Å². The highest BCUT2D eigenvalue weighted by molar-refractivity contribution is 7.92. The first kappa shape index (κ1) is 20.1. The maximum Gasteiger partial charge on any atom is 0.270 e. The number of fused-ring (bicyclic) bond motifs is 1. The normalized spacial score (nSPS) is 16.5. The van der Waals surface area contributed by atoms with E-state index in [0.29, 0.717) is 18.2 Å². The predicted molar refractivity (Wildman–Crippen MR) is 106 cm³/mol. The predicted octanol–water partition coefficient (Wildman–Crippen LogP) is 2.82. The van der Waals surface area contributed by atoms with E-state index in [4.69, 9.17) is 4.74 Å². The van der Waals surface area contributed by atoms with Gasteiger partial charge in [0.1, 0.15) is 5.75 Å². The lowest BCUT2D eigenvalue weighted by Crippen LogP contribution is -2.34. The number of non-ortho nitro benzene ring substituents is 1. The van der Waals surface area contributed by atoms with Crippen LogP contribution in [0, 0.1) is 10.1 Å². The number of methoxy groups -OCH3 is 1. The summed E-state index contributed by atoms with van der Waals surface area (Å²) in [6.45, 7) is 0. The standard InChI is InChI=1S/C19H23N3O5S/c1-21(2)13-7-8-16-17(12-13)19(27-3)10-9-18(16)20-28(25,26)15-6-4-5-14(11-15)22(23)24/h4-6,9-11,13,20H,7-8,12H2,1-3H3/t13-/m0/s1. The van der Waals surface area contributed by atoms with Crippen molar-refractivity contribution in [2.75, 3.05) is 25.9 Å². The van der Waals surface area contributed by atoms with Gasteiger partial charge in [-0.3, -0.25) is 14.8 Å². The fourth-order valence-electron chi connectivity index (χ4n) is 3.53. The molecule has 1 N–H and O–H groups in total. The van der Waals surface area contributed by atoms with Crippen LogP contribution in [0.4, 0.5) is 11.4 Å². The van der Waals surface area contributed by atoms with Crippen LogP contribution in [0.15, 0.2) is 41.3 Å². The molecule has 0 spiro atoms. The van der Waals surface area contributed by atoms with Crippen molar-refractivity contribution in [2.24, 2.45) is 0 Å². The lowest BCUT2D eigenvalue weighted by Gasteiger charge is -2.32. The average molecular weight is 405 g/mol. The average Bonchev–Trinajstić information content (AvgIpc) is 2.67. The number of nitro benzene ring substituents is 1. The Morgan fingerprint density at radius 1 is 1.21 bits per heavy atom. The lowest BCUT2D eigenvalue weighted by atomic mass is 9.86. The zero-order valence-electron chi connectivity index (χ0n) is 16.0. The van der Waals surface area contributed by atoms with Crippen LogP contribution < -0.4 is 9.46 Å². The van der Waals surface area contributed by atoms with E-state index in [1.807, 2.05) is 14.1 Å². The second-order valence-electron chi connectivity index (χ2n) is 6.99. The highest BCUT2D eigenvalue weighted by Gasteiger charge is 2.27. The van der Waals surface area contributed by atoms with Crippen molar-refractivity contribution < 1.29 is 18.1 Å². The van der Waals surface area contributed by atoms with Crippen LogP contribution in [0.2, 0.25) is 0 Å². The Morgan fingerprint density at radius 3 is 2.61 bits per heavy atom. The first-order chi connectivity index (χ1) is 13.2. The summed E-state index contributed by atoms with van der Waals surface area (Å²) < 4.78 is 33.7. The minimum absolute atomic E-state index is 0.145. The van der Waals surface area contributed by atoms with Gasteiger partial charge >= 0.3 is 0 Å². The van der Waals surface area contributed by atoms with Crippen molar-refractivity contribution >= 4 is 21.4 Å². The van der Waals surface area contributed by atoms with E-state index in [1.165, 1.54) is 18.2 Å². The number of hydrogen-bond donors (Lipinski definition) is 1. The van der Waals surface area contributed by atoms with Crippen LogP contribution in [0.3, 0.4) is 0 Å². The van der Waals surface area contributed by atoms with Crippen LogP contribution in [-0.4, -0.2) is 45.5 Å². The van der Waals surface area contributed by atoms with Gasteiger partial charge in [0.25, 0.3) is 15.7 Å². The molecule has 0 amide bonds. The van der Waals surface area contributed by atoms with Crippen molar-refractivity contribution in [3.63, 3.8) is 0 Å². The molecule has 0 unspecified atom stereocenters. The number of rotatable bonds is 6. The molecule has 0 radical (unpaired) electrons. The number of nitrogens with zero attached hydrogens (tertiary/aromatic N) is 2. The summed E-state index contributed by atoms with van der Waals surface area (Å²) in [6.07, 6.45) is 2.37. The maximum absolute atomic E-state index is 12.8. The first-order valence-electron chi connectivity index (χ1n) is 8.85. The largest absolute Gasteiger partial charge is 0.496 e. The Balaban J connectivity index is 1.98. The molecule has 0 heterocycles. The molecule has 28 heavy (non-hydrogen) atoms. The third kappa shape index (κ3) is 3.95. The molecular weight excluding hydrogens is 382 g/mol. The third-order valence-electron chi connectivity index (χ3n) is 5.09. The number of ether oxygens (including phenoxy) is 1. The molecule has 3 rings (SSSR count). The van der Waals surface area contributed by atoms with Gasteiger partial charge in [0, 0.05) is 23.7 Å². The van der Waals surface area contributed by atoms with Crippen molar-refractivity contribution in [1.82, 2.24) is 4.90 Å². The van der Waals surface area contributed by atoms with E-state index in [-0.39, 0.29) is 10.6 Å². The Bertz CT molecular complexity index is 1000. The number of hydrogen-bond acceptors (Lipinski definition) is 6. The first-order valence-corrected chi connectivity index (χ1v) is 10.3. The molecule has 1 atom stereocenters. The van der Waals surface area contributed by atoms with E-state index in [0.717, 1.165) is 35.8 Å². The summed E-state index contributed by atoms with van der Waals surface area (Å²) in [4.78, 5) is 12.4. The van der Waals surface area contributed by atoms with Gasteiger partial charge in [0.15, 0.2) is 0 Å². The van der Waals surface area contributed by atoms with Crippen molar-refractivity contribution in [3.05, 3.63) is 57.6 Å². The molecule has 0 saturated heterocycles. The molecule has 0 fully saturated rings. The van der Waals surface area contributed by atoms with E-state index in [9.17, 15) is 18.5 Å². The van der Waals surface area contributed by atoms with Gasteiger partial charge in [-0.2, -0.15) is 0 Å². The molecule has 1 aliphatic carbocycles. The Labute approximate surface area is 164 Å². The van der Waals surface area contributed by atoms with Crippen LogP contribution in [-0.2, 0) is 22.9 Å². The van der Waals surface area contributed by atoms with Crippen LogP contribution >= 0.6 is 0 Å². The minimum Gasteiger partial charge on any atom is -0.496 e. The Kier molecular flexibility index (Phi) is 5.57. The van der Waals surface area contributed by atoms with Crippen LogP contribution in [0.5, 0.6) is 5.75 Å². The molecule has 2 aromatic rings. The summed E-state index contributed by atoms with van der Waals surface area (Å²) in [5, 5.41) is 11.0. The van der Waals surface area contributed by atoms with Crippen LogP contribution in [0.25, 0.3) is 0 Å². The van der Waals surface area contributed by atoms with E-state index < -0.39 is 14.9 Å². The molecule has 0 saturated carbocycles. The van der Waals surface area contributed by atoms with Gasteiger partial charge in [0.2, 0.25) is 0 Å².